The van der Waals surface area contributed by atoms with Gasteiger partial charge in [0.2, 0.25) is 0 Å². The second-order valence-electron chi connectivity index (χ2n) is 4.81. The molecule has 2 aromatic rings. The molecule has 0 N–H and O–H groups in total. The summed E-state index contributed by atoms with van der Waals surface area (Å²) >= 11 is 5.84. The van der Waals surface area contributed by atoms with Crippen LogP contribution < -0.4 is 4.74 Å². The van der Waals surface area contributed by atoms with Crippen LogP contribution in [0.5, 0.6) is 5.75 Å². The highest BCUT2D eigenvalue weighted by Crippen LogP contribution is 2.30. The van der Waals surface area contributed by atoms with Crippen LogP contribution in [0.4, 0.5) is 5.69 Å². The third-order valence-electron chi connectivity index (χ3n) is 3.11. The average molecular weight is 306 g/mol. The van der Waals surface area contributed by atoms with E-state index in [0.29, 0.717) is 11.6 Å². The number of ether oxygens (including phenoxy) is 1. The van der Waals surface area contributed by atoms with E-state index in [1.54, 1.807) is 0 Å². The Labute approximate surface area is 128 Å². The van der Waals surface area contributed by atoms with Gasteiger partial charge in [0.1, 0.15) is 0 Å². The first-order valence-electron chi connectivity index (χ1n) is 6.68. The number of benzene rings is 2. The van der Waals surface area contributed by atoms with Crippen LogP contribution in [0.25, 0.3) is 0 Å². The molecule has 2 aromatic carbocycles. The maximum absolute atomic E-state index is 10.9. The van der Waals surface area contributed by atoms with Gasteiger partial charge in [-0.2, -0.15) is 0 Å². The lowest BCUT2D eigenvalue weighted by atomic mass is 10.1. The van der Waals surface area contributed by atoms with Crippen LogP contribution >= 0.6 is 11.6 Å². The summed E-state index contributed by atoms with van der Waals surface area (Å²) in [5.41, 5.74) is 2.39. The maximum Gasteiger partial charge on any atom is 0.311 e. The fourth-order valence-corrected chi connectivity index (χ4v) is 2.13. The molecule has 0 aromatic heterocycles. The molecule has 0 aliphatic heterocycles. The highest BCUT2D eigenvalue weighted by molar-refractivity contribution is 6.30. The van der Waals surface area contributed by atoms with Gasteiger partial charge < -0.3 is 4.74 Å². The summed E-state index contributed by atoms with van der Waals surface area (Å²) in [7, 11) is 0. The molecule has 0 radical (unpaired) electrons. The Morgan fingerprint density at radius 2 is 1.90 bits per heavy atom. The summed E-state index contributed by atoms with van der Waals surface area (Å²) in [6.07, 6.45) is 1.65. The van der Waals surface area contributed by atoms with Crippen LogP contribution in [0.3, 0.4) is 0 Å². The van der Waals surface area contributed by atoms with Gasteiger partial charge in [0.15, 0.2) is 5.75 Å². The van der Waals surface area contributed by atoms with E-state index in [9.17, 15) is 10.1 Å². The second kappa shape index (κ2) is 7.09. The largest absolute Gasteiger partial charge is 0.487 e. The van der Waals surface area contributed by atoms with Crippen molar-refractivity contribution in [3.05, 3.63) is 68.7 Å². The number of rotatable bonds is 6. The fraction of sp³-hybridized carbons (Fsp3) is 0.250. The Bertz CT molecular complexity index is 626. The van der Waals surface area contributed by atoms with E-state index in [-0.39, 0.29) is 11.4 Å². The molecule has 5 heteroatoms. The van der Waals surface area contributed by atoms with Gasteiger partial charge in [0.05, 0.1) is 11.5 Å². The predicted molar refractivity (Wildman–Crippen MR) is 83.1 cm³/mol. The minimum atomic E-state index is -0.467. The van der Waals surface area contributed by atoms with E-state index < -0.39 is 4.92 Å². The Hall–Kier alpha value is -2.07. The van der Waals surface area contributed by atoms with Gasteiger partial charge in [-0.05, 0) is 31.4 Å². The van der Waals surface area contributed by atoms with Crippen LogP contribution in [0.1, 0.15) is 17.5 Å². The van der Waals surface area contributed by atoms with Crippen molar-refractivity contribution in [2.24, 2.45) is 0 Å². The molecule has 0 heterocycles. The van der Waals surface area contributed by atoms with Crippen LogP contribution in [-0.2, 0) is 6.42 Å². The van der Waals surface area contributed by atoms with Crippen LogP contribution in [0, 0.1) is 17.0 Å². The third kappa shape index (κ3) is 4.46. The van der Waals surface area contributed by atoms with Crippen LogP contribution in [0.2, 0.25) is 5.02 Å². The van der Waals surface area contributed by atoms with Gasteiger partial charge in [0.25, 0.3) is 0 Å². The Morgan fingerprint density at radius 1 is 1.19 bits per heavy atom. The summed E-state index contributed by atoms with van der Waals surface area (Å²) in [4.78, 5) is 10.4. The highest BCUT2D eigenvalue weighted by Gasteiger charge is 2.15. The molecule has 0 bridgehead atoms. The standard InChI is InChI=1S/C16H16ClNO3/c1-12-4-6-13(7-5-12)3-2-10-21-16-11-14(17)8-9-15(16)18(19)20/h4-9,11H,2-3,10H2,1H3. The van der Waals surface area contributed by atoms with Gasteiger partial charge >= 0.3 is 5.69 Å². The normalized spacial score (nSPS) is 10.4. The number of hydrogen-bond acceptors (Lipinski definition) is 3. The molecule has 0 unspecified atom stereocenters. The first-order valence-corrected chi connectivity index (χ1v) is 7.06. The zero-order valence-electron chi connectivity index (χ0n) is 11.7. The molecular weight excluding hydrogens is 290 g/mol. The Balaban J connectivity index is 1.90. The van der Waals surface area contributed by atoms with E-state index in [1.807, 2.05) is 6.92 Å². The van der Waals surface area contributed by atoms with Crippen molar-refractivity contribution < 1.29 is 9.66 Å². The van der Waals surface area contributed by atoms with Crippen molar-refractivity contribution in [3.63, 3.8) is 0 Å². The molecular formula is C16H16ClNO3. The molecule has 4 nitrogen and oxygen atoms in total. The number of hydrogen-bond donors (Lipinski definition) is 0. The smallest absolute Gasteiger partial charge is 0.311 e. The number of nitrogens with zero attached hydrogens (tertiary/aromatic N) is 1. The molecule has 0 amide bonds. The van der Waals surface area contributed by atoms with Crippen molar-refractivity contribution in [2.45, 2.75) is 19.8 Å². The van der Waals surface area contributed by atoms with Crippen molar-refractivity contribution >= 4 is 17.3 Å². The molecule has 0 aliphatic carbocycles. The number of nitro benzene ring substituents is 1. The van der Waals surface area contributed by atoms with Gasteiger partial charge in [-0.25, -0.2) is 0 Å². The second-order valence-corrected chi connectivity index (χ2v) is 5.24. The predicted octanol–water partition coefficient (Wildman–Crippen LogP) is 4.57. The van der Waals surface area contributed by atoms with E-state index in [4.69, 9.17) is 16.3 Å². The van der Waals surface area contributed by atoms with Crippen molar-refractivity contribution in [1.29, 1.82) is 0 Å². The molecule has 0 fully saturated rings. The van der Waals surface area contributed by atoms with E-state index in [1.165, 1.54) is 29.3 Å². The van der Waals surface area contributed by atoms with Gasteiger partial charge in [-0.1, -0.05) is 41.4 Å². The lowest BCUT2D eigenvalue weighted by Gasteiger charge is -2.07. The Kier molecular flexibility index (Phi) is 5.17. The average Bonchev–Trinajstić information content (AvgIpc) is 2.45. The molecule has 0 spiro atoms. The Morgan fingerprint density at radius 3 is 2.57 bits per heavy atom. The van der Waals surface area contributed by atoms with Crippen molar-refractivity contribution in [2.75, 3.05) is 6.61 Å². The zero-order valence-corrected chi connectivity index (χ0v) is 12.5. The molecule has 0 atom stereocenters. The van der Waals surface area contributed by atoms with E-state index in [2.05, 4.69) is 24.3 Å². The lowest BCUT2D eigenvalue weighted by molar-refractivity contribution is -0.385. The summed E-state index contributed by atoms with van der Waals surface area (Å²) < 4.78 is 5.50. The topological polar surface area (TPSA) is 52.4 Å². The molecule has 110 valence electrons. The molecule has 0 saturated heterocycles. The molecule has 0 aliphatic rings. The summed E-state index contributed by atoms with van der Waals surface area (Å²) in [6, 6.07) is 12.6. The monoisotopic (exact) mass is 305 g/mol. The first kappa shape index (κ1) is 15.3. The quantitative estimate of drug-likeness (QED) is 0.446. The minimum absolute atomic E-state index is 0.0604. The van der Waals surface area contributed by atoms with Gasteiger partial charge in [-0.3, -0.25) is 10.1 Å². The van der Waals surface area contributed by atoms with Gasteiger partial charge in [-0.15, -0.1) is 0 Å². The lowest BCUT2D eigenvalue weighted by Crippen LogP contribution is -2.02. The van der Waals surface area contributed by atoms with Crippen molar-refractivity contribution in [3.8, 4) is 5.75 Å². The third-order valence-corrected chi connectivity index (χ3v) is 3.34. The zero-order chi connectivity index (χ0) is 15.2. The first-order chi connectivity index (χ1) is 10.1. The van der Waals surface area contributed by atoms with Gasteiger partial charge in [0, 0.05) is 17.2 Å². The van der Waals surface area contributed by atoms with E-state index >= 15 is 0 Å². The highest BCUT2D eigenvalue weighted by atomic mass is 35.5. The fourth-order valence-electron chi connectivity index (χ4n) is 1.97. The number of halogens is 1. The van der Waals surface area contributed by atoms with Crippen molar-refractivity contribution in [1.82, 2.24) is 0 Å². The minimum Gasteiger partial charge on any atom is -0.487 e. The summed E-state index contributed by atoms with van der Waals surface area (Å²) in [6.45, 7) is 2.46. The molecule has 2 rings (SSSR count). The number of aryl methyl sites for hydroxylation is 2. The number of nitro groups is 1. The summed E-state index contributed by atoms with van der Waals surface area (Å²) in [5, 5.41) is 11.3. The molecule has 0 saturated carbocycles. The van der Waals surface area contributed by atoms with Crippen LogP contribution in [0.15, 0.2) is 42.5 Å². The molecule has 21 heavy (non-hydrogen) atoms. The summed E-state index contributed by atoms with van der Waals surface area (Å²) in [5.74, 6) is 0.219. The van der Waals surface area contributed by atoms with E-state index in [0.717, 1.165) is 12.8 Å². The SMILES string of the molecule is Cc1ccc(CCCOc2cc(Cl)ccc2[N+](=O)[O-])cc1. The maximum atomic E-state index is 10.9. The van der Waals surface area contributed by atoms with Crippen LogP contribution in [-0.4, -0.2) is 11.5 Å².